The van der Waals surface area contributed by atoms with Crippen molar-refractivity contribution in [1.82, 2.24) is 0 Å². The van der Waals surface area contributed by atoms with Gasteiger partial charge in [-0.25, -0.2) is 4.39 Å². The maximum atomic E-state index is 13.6. The zero-order valence-corrected chi connectivity index (χ0v) is 12.4. The number of halogens is 4. The van der Waals surface area contributed by atoms with Crippen LogP contribution in [-0.4, -0.2) is 12.2 Å². The van der Waals surface area contributed by atoms with Crippen molar-refractivity contribution in [1.29, 1.82) is 0 Å². The fraction of sp³-hybridized carbons (Fsp3) is 0.294. The molecule has 1 N–H and O–H groups in total. The van der Waals surface area contributed by atoms with Crippen molar-refractivity contribution < 1.29 is 27.4 Å². The van der Waals surface area contributed by atoms with Crippen LogP contribution in [0.1, 0.15) is 29.2 Å². The van der Waals surface area contributed by atoms with Crippen LogP contribution in [0.25, 0.3) is 0 Å². The maximum Gasteiger partial charge on any atom is 0.416 e. The molecule has 2 nitrogen and oxygen atoms in total. The van der Waals surface area contributed by atoms with Crippen LogP contribution in [0.4, 0.5) is 17.6 Å². The summed E-state index contributed by atoms with van der Waals surface area (Å²) in [5.74, 6) is -0.484. The lowest BCUT2D eigenvalue weighted by molar-refractivity contribution is -0.137. The van der Waals surface area contributed by atoms with Gasteiger partial charge >= 0.3 is 6.18 Å². The third-order valence-corrected chi connectivity index (χ3v) is 3.55. The molecule has 1 unspecified atom stereocenters. The Morgan fingerprint density at radius 2 is 1.74 bits per heavy atom. The molecule has 0 aliphatic carbocycles. The standard InChI is InChI=1S/C17H16F4O2/c1-23-16-9-5-12(10-14(16)18)15(22)8-4-11-2-6-13(7-3-11)17(19,20)21/h2-3,5-7,9-10,15,22H,4,8H2,1H3. The van der Waals surface area contributed by atoms with Gasteiger partial charge < -0.3 is 9.84 Å². The molecule has 0 saturated heterocycles. The van der Waals surface area contributed by atoms with Gasteiger partial charge in [0.2, 0.25) is 0 Å². The van der Waals surface area contributed by atoms with E-state index in [9.17, 15) is 22.7 Å². The number of rotatable bonds is 5. The molecule has 0 saturated carbocycles. The molecule has 0 spiro atoms. The molecule has 2 aromatic rings. The summed E-state index contributed by atoms with van der Waals surface area (Å²) in [4.78, 5) is 0. The molecule has 0 amide bonds. The van der Waals surface area contributed by atoms with Crippen LogP contribution in [0.15, 0.2) is 42.5 Å². The smallest absolute Gasteiger partial charge is 0.416 e. The van der Waals surface area contributed by atoms with Crippen LogP contribution in [-0.2, 0) is 12.6 Å². The fourth-order valence-electron chi connectivity index (χ4n) is 2.22. The molecule has 0 bridgehead atoms. The largest absolute Gasteiger partial charge is 0.494 e. The molecule has 6 heteroatoms. The topological polar surface area (TPSA) is 29.5 Å². The first-order valence-corrected chi connectivity index (χ1v) is 6.99. The maximum absolute atomic E-state index is 13.6. The molecule has 0 aromatic heterocycles. The highest BCUT2D eigenvalue weighted by molar-refractivity contribution is 5.31. The summed E-state index contributed by atoms with van der Waals surface area (Å²) in [6.07, 6.45) is -4.61. The van der Waals surface area contributed by atoms with Crippen molar-refractivity contribution in [3.8, 4) is 5.75 Å². The molecule has 23 heavy (non-hydrogen) atoms. The Kier molecular flexibility index (Phi) is 5.26. The van der Waals surface area contributed by atoms with Crippen LogP contribution >= 0.6 is 0 Å². The summed E-state index contributed by atoms with van der Waals surface area (Å²) in [5.41, 5.74) is 0.361. The average molecular weight is 328 g/mol. The third-order valence-electron chi connectivity index (χ3n) is 3.55. The monoisotopic (exact) mass is 328 g/mol. The van der Waals surface area contributed by atoms with Gasteiger partial charge in [-0.1, -0.05) is 18.2 Å². The van der Waals surface area contributed by atoms with Crippen molar-refractivity contribution in [3.63, 3.8) is 0 Å². The normalized spacial score (nSPS) is 13.0. The number of benzene rings is 2. The Balaban J connectivity index is 1.99. The summed E-state index contributed by atoms with van der Waals surface area (Å²) in [7, 11) is 1.35. The molecule has 0 heterocycles. The van der Waals surface area contributed by atoms with E-state index in [4.69, 9.17) is 4.74 Å². The van der Waals surface area contributed by atoms with Gasteiger partial charge in [0.15, 0.2) is 11.6 Å². The third kappa shape index (κ3) is 4.45. The van der Waals surface area contributed by atoms with E-state index in [0.717, 1.165) is 12.1 Å². The van der Waals surface area contributed by atoms with Gasteiger partial charge in [-0.05, 0) is 48.2 Å². The summed E-state index contributed by atoms with van der Waals surface area (Å²) in [5, 5.41) is 10.1. The number of methoxy groups -OCH3 is 1. The predicted molar refractivity (Wildman–Crippen MR) is 77.7 cm³/mol. The Bertz CT molecular complexity index is 651. The van der Waals surface area contributed by atoms with Crippen LogP contribution in [0.5, 0.6) is 5.75 Å². The SMILES string of the molecule is COc1ccc(C(O)CCc2ccc(C(F)(F)F)cc2)cc1F. The molecule has 0 aliphatic rings. The van der Waals surface area contributed by atoms with Crippen LogP contribution in [0.3, 0.4) is 0 Å². The van der Waals surface area contributed by atoms with E-state index in [-0.39, 0.29) is 12.2 Å². The average Bonchev–Trinajstić information content (AvgIpc) is 2.52. The number of hydrogen-bond donors (Lipinski definition) is 1. The van der Waals surface area contributed by atoms with Crippen molar-refractivity contribution >= 4 is 0 Å². The fourth-order valence-corrected chi connectivity index (χ4v) is 2.22. The van der Waals surface area contributed by atoms with E-state index >= 15 is 0 Å². The van der Waals surface area contributed by atoms with Crippen molar-refractivity contribution in [3.05, 3.63) is 65.0 Å². The van der Waals surface area contributed by atoms with Gasteiger partial charge in [-0.3, -0.25) is 0 Å². The van der Waals surface area contributed by atoms with Crippen molar-refractivity contribution in [2.45, 2.75) is 25.1 Å². The van der Waals surface area contributed by atoms with Crippen molar-refractivity contribution in [2.75, 3.05) is 7.11 Å². The van der Waals surface area contributed by atoms with E-state index in [1.54, 1.807) is 6.07 Å². The van der Waals surface area contributed by atoms with E-state index in [2.05, 4.69) is 0 Å². The quantitative estimate of drug-likeness (QED) is 0.818. The van der Waals surface area contributed by atoms with Crippen LogP contribution in [0, 0.1) is 5.82 Å². The van der Waals surface area contributed by atoms with Gasteiger partial charge in [0, 0.05) is 0 Å². The zero-order chi connectivity index (χ0) is 17.0. The molecule has 0 radical (unpaired) electrons. The summed E-state index contributed by atoms with van der Waals surface area (Å²) < 4.78 is 55.8. The first-order valence-electron chi connectivity index (χ1n) is 6.99. The Labute approximate surface area is 131 Å². The van der Waals surface area contributed by atoms with E-state index in [0.29, 0.717) is 17.5 Å². The second-order valence-electron chi connectivity index (χ2n) is 5.14. The highest BCUT2D eigenvalue weighted by atomic mass is 19.4. The summed E-state index contributed by atoms with van der Waals surface area (Å²) >= 11 is 0. The minimum Gasteiger partial charge on any atom is -0.494 e. The second-order valence-corrected chi connectivity index (χ2v) is 5.14. The van der Waals surface area contributed by atoms with Gasteiger partial charge in [0.25, 0.3) is 0 Å². The minimum atomic E-state index is -4.36. The van der Waals surface area contributed by atoms with Gasteiger partial charge in [0.05, 0.1) is 18.8 Å². The first kappa shape index (κ1) is 17.3. The lowest BCUT2D eigenvalue weighted by Gasteiger charge is -2.13. The van der Waals surface area contributed by atoms with Crippen LogP contribution in [0.2, 0.25) is 0 Å². The van der Waals surface area contributed by atoms with Gasteiger partial charge in [-0.15, -0.1) is 0 Å². The molecular weight excluding hydrogens is 312 g/mol. The molecule has 2 rings (SSSR count). The zero-order valence-electron chi connectivity index (χ0n) is 12.4. The highest BCUT2D eigenvalue weighted by Gasteiger charge is 2.29. The predicted octanol–water partition coefficient (Wildman–Crippen LogP) is 4.52. The second kappa shape index (κ2) is 7.00. The molecule has 124 valence electrons. The highest BCUT2D eigenvalue weighted by Crippen LogP contribution is 2.30. The number of hydrogen-bond acceptors (Lipinski definition) is 2. The van der Waals surface area contributed by atoms with Crippen LogP contribution < -0.4 is 4.74 Å². The van der Waals surface area contributed by atoms with E-state index in [1.807, 2.05) is 0 Å². The van der Waals surface area contributed by atoms with Gasteiger partial charge in [0.1, 0.15) is 0 Å². The van der Waals surface area contributed by atoms with Crippen molar-refractivity contribution in [2.24, 2.45) is 0 Å². The lowest BCUT2D eigenvalue weighted by atomic mass is 10.0. The van der Waals surface area contributed by atoms with E-state index < -0.39 is 23.7 Å². The first-order chi connectivity index (χ1) is 10.8. The Hall–Kier alpha value is -2.08. The number of aliphatic hydroxyl groups is 1. The molecule has 0 fully saturated rings. The lowest BCUT2D eigenvalue weighted by Crippen LogP contribution is -2.05. The summed E-state index contributed by atoms with van der Waals surface area (Å²) in [6.45, 7) is 0. The minimum absolute atomic E-state index is 0.0867. The molecule has 2 aromatic carbocycles. The summed E-state index contributed by atoms with van der Waals surface area (Å²) in [6, 6.07) is 8.94. The number of aryl methyl sites for hydroxylation is 1. The molecule has 1 atom stereocenters. The molecular formula is C17H16F4O2. The number of aliphatic hydroxyl groups excluding tert-OH is 1. The van der Waals surface area contributed by atoms with Gasteiger partial charge in [-0.2, -0.15) is 13.2 Å². The Morgan fingerprint density at radius 1 is 1.09 bits per heavy atom. The Morgan fingerprint density at radius 3 is 2.26 bits per heavy atom. The molecule has 0 aliphatic heterocycles. The number of alkyl halides is 3. The number of ether oxygens (including phenoxy) is 1. The van der Waals surface area contributed by atoms with E-state index in [1.165, 1.54) is 31.4 Å².